The number of rotatable bonds is 4. The van der Waals surface area contributed by atoms with Gasteiger partial charge in [0, 0.05) is 38.8 Å². The lowest BCUT2D eigenvalue weighted by Gasteiger charge is -2.45. The zero-order valence-electron chi connectivity index (χ0n) is 20.0. The van der Waals surface area contributed by atoms with Crippen LogP contribution < -0.4 is 10.5 Å². The molecule has 0 amide bonds. The quantitative estimate of drug-likeness (QED) is 0.379. The molecule has 1 aliphatic heterocycles. The Balaban J connectivity index is 1.51. The molecule has 0 aliphatic carbocycles. The fraction of sp³-hybridized carbons (Fsp3) is 0.250. The molecule has 3 heterocycles. The molecule has 4 aromatic rings. The topological polar surface area (TPSA) is 45.7 Å². The van der Waals surface area contributed by atoms with Crippen molar-refractivity contribution in [2.45, 2.75) is 19.0 Å². The Labute approximate surface area is 207 Å². The third-order valence-corrected chi connectivity index (χ3v) is 6.89. The second-order valence-electron chi connectivity index (χ2n) is 9.11. The first-order valence-corrected chi connectivity index (χ1v) is 11.8. The fourth-order valence-electron chi connectivity index (χ4n) is 5.04. The minimum atomic E-state index is -0.307. The Bertz CT molecular complexity index is 1460. The second-order valence-corrected chi connectivity index (χ2v) is 9.11. The number of hydrogen-bond acceptors (Lipinski definition) is 4. The van der Waals surface area contributed by atoms with E-state index in [1.807, 2.05) is 0 Å². The highest BCUT2D eigenvalue weighted by Crippen LogP contribution is 2.34. The molecule has 6 nitrogen and oxygen atoms in total. The van der Waals surface area contributed by atoms with Gasteiger partial charge in [-0.1, -0.05) is 30.8 Å². The number of anilines is 1. The van der Waals surface area contributed by atoms with Crippen LogP contribution in [0.1, 0.15) is 24.1 Å². The van der Waals surface area contributed by atoms with Gasteiger partial charge in [-0.05, 0) is 54.4 Å². The Morgan fingerprint density at radius 1 is 0.972 bits per heavy atom. The van der Waals surface area contributed by atoms with Crippen molar-refractivity contribution in [2.24, 2.45) is 7.05 Å². The number of piperazine rings is 1. The first-order chi connectivity index (χ1) is 17.4. The largest absolute Gasteiger partial charge is 0.365 e. The van der Waals surface area contributed by atoms with Crippen LogP contribution >= 0.6 is 0 Å². The molecule has 182 valence electrons. The normalized spacial score (nSPS) is 16.4. The van der Waals surface area contributed by atoms with Gasteiger partial charge in [0.05, 0.1) is 17.2 Å². The van der Waals surface area contributed by atoms with Gasteiger partial charge in [-0.25, -0.2) is 8.78 Å². The molecule has 1 aliphatic rings. The van der Waals surface area contributed by atoms with Crippen LogP contribution in [0.4, 0.5) is 20.3 Å². The molecule has 0 spiro atoms. The average molecular weight is 486 g/mol. The highest BCUT2D eigenvalue weighted by atomic mass is 19.1. The van der Waals surface area contributed by atoms with Crippen LogP contribution in [-0.4, -0.2) is 40.1 Å². The summed E-state index contributed by atoms with van der Waals surface area (Å²) in [7, 11) is 1.70. The van der Waals surface area contributed by atoms with Crippen molar-refractivity contribution in [1.29, 1.82) is 0 Å². The monoisotopic (exact) mass is 485 g/mol. The summed E-state index contributed by atoms with van der Waals surface area (Å²) in [5, 5.41) is 0. The molecule has 1 saturated heterocycles. The summed E-state index contributed by atoms with van der Waals surface area (Å²) in [5.74, 6) is -0.335. The van der Waals surface area contributed by atoms with Gasteiger partial charge < -0.3 is 14.3 Å². The van der Waals surface area contributed by atoms with Gasteiger partial charge in [-0.3, -0.25) is 9.69 Å². The molecule has 1 atom stereocenters. The number of hydrogen-bond donors (Lipinski definition) is 0. The third kappa shape index (κ3) is 4.34. The lowest BCUT2D eigenvalue weighted by atomic mass is 9.94. The highest BCUT2D eigenvalue weighted by molar-refractivity contribution is 5.89. The van der Waals surface area contributed by atoms with Gasteiger partial charge >= 0.3 is 0 Å². The molecule has 0 unspecified atom stereocenters. The van der Waals surface area contributed by atoms with E-state index in [0.29, 0.717) is 36.4 Å². The number of nitrogens with zero attached hydrogens (tertiary/aromatic N) is 5. The van der Waals surface area contributed by atoms with Crippen LogP contribution in [0.2, 0.25) is 0 Å². The maximum Gasteiger partial charge on any atom is 0.270 e. The Morgan fingerprint density at radius 3 is 2.14 bits per heavy atom. The summed E-state index contributed by atoms with van der Waals surface area (Å²) < 4.78 is 28.9. The Morgan fingerprint density at radius 2 is 1.58 bits per heavy atom. The van der Waals surface area contributed by atoms with Gasteiger partial charge in [0.2, 0.25) is 5.52 Å². The summed E-state index contributed by atoms with van der Waals surface area (Å²) in [5.41, 5.74) is 3.72. The van der Waals surface area contributed by atoms with Gasteiger partial charge in [0.1, 0.15) is 11.6 Å². The first kappa shape index (κ1) is 23.6. The van der Waals surface area contributed by atoms with Crippen LogP contribution in [0.5, 0.6) is 0 Å². The molecule has 5 rings (SSSR count). The van der Waals surface area contributed by atoms with Crippen molar-refractivity contribution in [1.82, 2.24) is 14.5 Å². The number of halogens is 2. The predicted molar refractivity (Wildman–Crippen MR) is 136 cm³/mol. The van der Waals surface area contributed by atoms with E-state index >= 15 is 0 Å². The van der Waals surface area contributed by atoms with E-state index < -0.39 is 0 Å². The smallest absolute Gasteiger partial charge is 0.270 e. The molecular formula is C28H25F2N5O. The molecular weight excluding hydrogens is 460 g/mol. The molecule has 2 aromatic heterocycles. The average Bonchev–Trinajstić information content (AvgIpc) is 2.89. The summed E-state index contributed by atoms with van der Waals surface area (Å²) >= 11 is 0. The summed E-state index contributed by atoms with van der Waals surface area (Å²) in [6, 6.07) is 17.7. The molecule has 36 heavy (non-hydrogen) atoms. The zero-order valence-corrected chi connectivity index (χ0v) is 20.0. The van der Waals surface area contributed by atoms with Gasteiger partial charge in [-0.2, -0.15) is 0 Å². The standard InChI is InChI=1S/C28H25F2N5O/c1-18-17-34(24-16-26(36)33(3)23-12-13-25(31-2)32-27(23)24)14-15-35(18)28(19-4-8-21(29)9-5-19)20-6-10-22(30)11-7-20/h4-13,16,18,28H,14-15,17H2,1,3H3/t18-/m1/s1. The second kappa shape index (κ2) is 9.51. The van der Waals surface area contributed by atoms with Crippen molar-refractivity contribution in [3.63, 3.8) is 0 Å². The molecule has 0 radical (unpaired) electrons. The van der Waals surface area contributed by atoms with Crippen molar-refractivity contribution in [2.75, 3.05) is 24.5 Å². The van der Waals surface area contributed by atoms with Crippen LogP contribution in [0, 0.1) is 18.2 Å². The van der Waals surface area contributed by atoms with Crippen LogP contribution in [0.15, 0.2) is 71.5 Å². The van der Waals surface area contributed by atoms with E-state index in [9.17, 15) is 13.6 Å². The maximum absolute atomic E-state index is 13.7. The number of aryl methyl sites for hydroxylation is 1. The van der Waals surface area contributed by atoms with Crippen LogP contribution in [0.3, 0.4) is 0 Å². The van der Waals surface area contributed by atoms with E-state index in [1.165, 1.54) is 24.3 Å². The van der Waals surface area contributed by atoms with E-state index in [1.54, 1.807) is 54.1 Å². The minimum Gasteiger partial charge on any atom is -0.365 e. The predicted octanol–water partition coefficient (Wildman–Crippen LogP) is 5.06. The summed E-state index contributed by atoms with van der Waals surface area (Å²) in [6.45, 7) is 11.3. The molecule has 1 fully saturated rings. The third-order valence-electron chi connectivity index (χ3n) is 6.89. The lowest BCUT2D eigenvalue weighted by molar-refractivity contribution is 0.150. The molecule has 2 aromatic carbocycles. The Hall–Kier alpha value is -4.09. The Kier molecular flexibility index (Phi) is 6.25. The molecule has 0 N–H and O–H groups in total. The number of pyridine rings is 2. The van der Waals surface area contributed by atoms with E-state index in [-0.39, 0.29) is 35.1 Å². The van der Waals surface area contributed by atoms with Gasteiger partial charge in [0.25, 0.3) is 11.4 Å². The zero-order chi connectivity index (χ0) is 25.4. The van der Waals surface area contributed by atoms with E-state index in [4.69, 9.17) is 6.57 Å². The van der Waals surface area contributed by atoms with Gasteiger partial charge in [0.15, 0.2) is 0 Å². The van der Waals surface area contributed by atoms with Crippen molar-refractivity contribution in [3.05, 3.63) is 111 Å². The summed E-state index contributed by atoms with van der Waals surface area (Å²) in [4.78, 5) is 25.1. The SMILES string of the molecule is [C-]#[N+]c1ccc2c(n1)c(N1CCN(C(c3ccc(F)cc3)c3ccc(F)cc3)[C@H](C)C1)cc(=O)n2C. The maximum atomic E-state index is 13.7. The lowest BCUT2D eigenvalue weighted by Crippen LogP contribution is -2.53. The van der Waals surface area contributed by atoms with Crippen LogP contribution in [0.25, 0.3) is 15.9 Å². The summed E-state index contributed by atoms with van der Waals surface area (Å²) in [6.07, 6.45) is 0. The van der Waals surface area contributed by atoms with Crippen LogP contribution in [-0.2, 0) is 7.05 Å². The highest BCUT2D eigenvalue weighted by Gasteiger charge is 2.33. The fourth-order valence-corrected chi connectivity index (χ4v) is 5.04. The molecule has 0 saturated carbocycles. The number of benzene rings is 2. The minimum absolute atomic E-state index is 0.0435. The number of fused-ring (bicyclic) bond motifs is 1. The van der Waals surface area contributed by atoms with E-state index in [2.05, 4.69) is 26.6 Å². The van der Waals surface area contributed by atoms with E-state index in [0.717, 1.165) is 11.1 Å². The molecule has 8 heteroatoms. The first-order valence-electron chi connectivity index (χ1n) is 11.8. The molecule has 0 bridgehead atoms. The number of aromatic nitrogens is 2. The van der Waals surface area contributed by atoms with Crippen molar-refractivity contribution < 1.29 is 8.78 Å². The van der Waals surface area contributed by atoms with Gasteiger partial charge in [-0.15, -0.1) is 4.98 Å². The van der Waals surface area contributed by atoms with Crippen molar-refractivity contribution >= 4 is 22.5 Å². The van der Waals surface area contributed by atoms with Crippen molar-refractivity contribution in [3.8, 4) is 0 Å².